The normalized spacial score (nSPS) is 20.5. The zero-order valence-electron chi connectivity index (χ0n) is 9.50. The topological polar surface area (TPSA) is 40.5 Å². The van der Waals surface area contributed by atoms with Crippen LogP contribution in [0.4, 0.5) is 0 Å². The summed E-state index contributed by atoms with van der Waals surface area (Å²) < 4.78 is 0. The summed E-state index contributed by atoms with van der Waals surface area (Å²) >= 11 is 11.9. The van der Waals surface area contributed by atoms with Gasteiger partial charge in [-0.1, -0.05) is 36.0 Å². The molecule has 1 aromatic rings. The van der Waals surface area contributed by atoms with Gasteiger partial charge in [-0.05, 0) is 36.6 Å². The number of rotatable bonds is 3. The molecular formula is C13H16Cl2O2. The Labute approximate surface area is 111 Å². The Balaban J connectivity index is 2.12. The summed E-state index contributed by atoms with van der Waals surface area (Å²) in [5.41, 5.74) is -0.168. The highest BCUT2D eigenvalue weighted by atomic mass is 35.5. The fraction of sp³-hybridized carbons (Fsp3) is 0.538. The Kier molecular flexibility index (Phi) is 3.99. The van der Waals surface area contributed by atoms with E-state index in [0.717, 1.165) is 18.4 Å². The maximum Gasteiger partial charge on any atom is 0.0908 e. The van der Waals surface area contributed by atoms with E-state index in [1.807, 2.05) is 0 Å². The van der Waals surface area contributed by atoms with Crippen molar-refractivity contribution in [1.82, 2.24) is 0 Å². The van der Waals surface area contributed by atoms with Crippen molar-refractivity contribution in [2.75, 3.05) is 0 Å². The van der Waals surface area contributed by atoms with Crippen molar-refractivity contribution in [2.24, 2.45) is 0 Å². The van der Waals surface area contributed by atoms with Gasteiger partial charge in [0.1, 0.15) is 0 Å². The lowest BCUT2D eigenvalue weighted by Crippen LogP contribution is -2.40. The molecule has 17 heavy (non-hydrogen) atoms. The van der Waals surface area contributed by atoms with Gasteiger partial charge in [0.05, 0.1) is 11.7 Å². The van der Waals surface area contributed by atoms with Crippen molar-refractivity contribution < 1.29 is 10.2 Å². The Hall–Kier alpha value is -0.280. The Bertz CT molecular complexity index is 400. The summed E-state index contributed by atoms with van der Waals surface area (Å²) in [6.07, 6.45) is 2.82. The molecule has 0 saturated heterocycles. The average molecular weight is 275 g/mol. The van der Waals surface area contributed by atoms with Gasteiger partial charge in [-0.2, -0.15) is 0 Å². The highest BCUT2D eigenvalue weighted by molar-refractivity contribution is 6.33. The minimum Gasteiger partial charge on any atom is -0.390 e. The van der Waals surface area contributed by atoms with Gasteiger partial charge in [0, 0.05) is 16.5 Å². The number of halogens is 2. The SMILES string of the molecule is OC(Cc1cc(Cl)ccc1Cl)C1(O)CCCC1. The molecular weight excluding hydrogens is 259 g/mol. The summed E-state index contributed by atoms with van der Waals surface area (Å²) in [4.78, 5) is 0. The van der Waals surface area contributed by atoms with E-state index in [0.29, 0.717) is 29.3 Å². The molecule has 0 spiro atoms. The van der Waals surface area contributed by atoms with E-state index in [9.17, 15) is 10.2 Å². The second-order valence-electron chi connectivity index (χ2n) is 4.77. The van der Waals surface area contributed by atoms with Crippen molar-refractivity contribution >= 4 is 23.2 Å². The van der Waals surface area contributed by atoms with E-state index in [1.165, 1.54) is 0 Å². The Morgan fingerprint density at radius 3 is 2.53 bits per heavy atom. The molecule has 2 N–H and O–H groups in total. The smallest absolute Gasteiger partial charge is 0.0908 e. The van der Waals surface area contributed by atoms with Gasteiger partial charge in [-0.25, -0.2) is 0 Å². The molecule has 94 valence electrons. The van der Waals surface area contributed by atoms with Gasteiger partial charge in [0.25, 0.3) is 0 Å². The Morgan fingerprint density at radius 2 is 1.88 bits per heavy atom. The van der Waals surface area contributed by atoms with Crippen LogP contribution in [0.3, 0.4) is 0 Å². The van der Waals surface area contributed by atoms with E-state index in [2.05, 4.69) is 0 Å². The average Bonchev–Trinajstić information content (AvgIpc) is 2.72. The van der Waals surface area contributed by atoms with E-state index >= 15 is 0 Å². The first-order valence-electron chi connectivity index (χ1n) is 5.86. The minimum atomic E-state index is -0.953. The van der Waals surface area contributed by atoms with Crippen molar-refractivity contribution in [3.05, 3.63) is 33.8 Å². The third-order valence-electron chi connectivity index (χ3n) is 3.51. The third kappa shape index (κ3) is 2.94. The van der Waals surface area contributed by atoms with Crippen molar-refractivity contribution in [1.29, 1.82) is 0 Å². The molecule has 0 amide bonds. The number of aliphatic hydroxyl groups is 2. The highest BCUT2D eigenvalue weighted by Gasteiger charge is 2.38. The lowest BCUT2D eigenvalue weighted by Gasteiger charge is -2.28. The summed E-state index contributed by atoms with van der Waals surface area (Å²) in [6, 6.07) is 5.17. The molecule has 0 heterocycles. The number of benzene rings is 1. The first-order chi connectivity index (χ1) is 8.01. The van der Waals surface area contributed by atoms with Gasteiger partial charge >= 0.3 is 0 Å². The van der Waals surface area contributed by atoms with Crippen LogP contribution in [0.1, 0.15) is 31.2 Å². The monoisotopic (exact) mass is 274 g/mol. The van der Waals surface area contributed by atoms with Crippen LogP contribution in [0.15, 0.2) is 18.2 Å². The largest absolute Gasteiger partial charge is 0.390 e. The molecule has 4 heteroatoms. The van der Waals surface area contributed by atoms with E-state index in [-0.39, 0.29) is 0 Å². The second-order valence-corrected chi connectivity index (χ2v) is 5.61. The quantitative estimate of drug-likeness (QED) is 0.889. The molecule has 1 aromatic carbocycles. The molecule has 1 aliphatic rings. The van der Waals surface area contributed by atoms with Crippen molar-refractivity contribution in [3.8, 4) is 0 Å². The van der Waals surface area contributed by atoms with E-state index in [1.54, 1.807) is 18.2 Å². The van der Waals surface area contributed by atoms with Crippen LogP contribution >= 0.6 is 23.2 Å². The molecule has 1 atom stereocenters. The summed E-state index contributed by atoms with van der Waals surface area (Å²) in [6.45, 7) is 0. The lowest BCUT2D eigenvalue weighted by atomic mass is 9.90. The molecule has 2 rings (SSSR count). The van der Waals surface area contributed by atoms with Gasteiger partial charge < -0.3 is 10.2 Å². The van der Waals surface area contributed by atoms with Gasteiger partial charge in [-0.3, -0.25) is 0 Å². The molecule has 1 unspecified atom stereocenters. The third-order valence-corrected chi connectivity index (χ3v) is 4.11. The van der Waals surface area contributed by atoms with Crippen LogP contribution in [0.2, 0.25) is 10.0 Å². The molecule has 1 saturated carbocycles. The van der Waals surface area contributed by atoms with Crippen LogP contribution in [0.5, 0.6) is 0 Å². The molecule has 0 bridgehead atoms. The fourth-order valence-electron chi connectivity index (χ4n) is 2.42. The summed E-state index contributed by atoms with van der Waals surface area (Å²) in [5, 5.41) is 21.6. The van der Waals surface area contributed by atoms with Gasteiger partial charge in [0.2, 0.25) is 0 Å². The number of aliphatic hydroxyl groups excluding tert-OH is 1. The molecule has 0 aliphatic heterocycles. The van der Waals surface area contributed by atoms with Crippen LogP contribution in [0, 0.1) is 0 Å². The summed E-state index contributed by atoms with van der Waals surface area (Å²) in [5.74, 6) is 0. The molecule has 0 radical (unpaired) electrons. The van der Waals surface area contributed by atoms with Crippen LogP contribution in [-0.4, -0.2) is 21.9 Å². The highest BCUT2D eigenvalue weighted by Crippen LogP contribution is 2.34. The predicted octanol–water partition coefficient (Wildman–Crippen LogP) is 3.20. The standard InChI is InChI=1S/C13H16Cl2O2/c14-10-3-4-11(15)9(7-10)8-12(16)13(17)5-1-2-6-13/h3-4,7,12,16-17H,1-2,5-6,8H2. The maximum atomic E-state index is 10.3. The predicted molar refractivity (Wildman–Crippen MR) is 69.6 cm³/mol. The Morgan fingerprint density at radius 1 is 1.24 bits per heavy atom. The molecule has 1 fully saturated rings. The van der Waals surface area contributed by atoms with Crippen LogP contribution < -0.4 is 0 Å². The molecule has 1 aliphatic carbocycles. The zero-order chi connectivity index (χ0) is 12.5. The van der Waals surface area contributed by atoms with Crippen molar-refractivity contribution in [3.63, 3.8) is 0 Å². The minimum absolute atomic E-state index is 0.343. The van der Waals surface area contributed by atoms with E-state index in [4.69, 9.17) is 23.2 Å². The lowest BCUT2D eigenvalue weighted by molar-refractivity contribution is -0.0689. The van der Waals surface area contributed by atoms with Gasteiger partial charge in [0.15, 0.2) is 0 Å². The molecule has 2 nitrogen and oxygen atoms in total. The maximum absolute atomic E-state index is 10.3. The van der Waals surface area contributed by atoms with Gasteiger partial charge in [-0.15, -0.1) is 0 Å². The second kappa shape index (κ2) is 5.15. The number of hydrogen-bond acceptors (Lipinski definition) is 2. The number of hydrogen-bond donors (Lipinski definition) is 2. The fourth-order valence-corrected chi connectivity index (χ4v) is 2.81. The zero-order valence-corrected chi connectivity index (χ0v) is 11.0. The van der Waals surface area contributed by atoms with Crippen LogP contribution in [-0.2, 0) is 6.42 Å². The van der Waals surface area contributed by atoms with E-state index < -0.39 is 11.7 Å². The first-order valence-corrected chi connectivity index (χ1v) is 6.61. The molecule has 0 aromatic heterocycles. The van der Waals surface area contributed by atoms with Crippen LogP contribution in [0.25, 0.3) is 0 Å². The summed E-state index contributed by atoms with van der Waals surface area (Å²) in [7, 11) is 0. The van der Waals surface area contributed by atoms with Crippen molar-refractivity contribution in [2.45, 2.75) is 43.8 Å². The first kappa shape index (κ1) is 13.2.